The van der Waals surface area contributed by atoms with Gasteiger partial charge in [0.15, 0.2) is 11.6 Å². The highest BCUT2D eigenvalue weighted by atomic mass is 19.1. The Morgan fingerprint density at radius 2 is 1.71 bits per heavy atom. The van der Waals surface area contributed by atoms with Crippen LogP contribution in [0.2, 0.25) is 0 Å². The average molecular weight is 382 g/mol. The van der Waals surface area contributed by atoms with Crippen LogP contribution < -0.4 is 0 Å². The van der Waals surface area contributed by atoms with Crippen LogP contribution in [0.25, 0.3) is 17.2 Å². The number of carbonyl (C=O) groups excluding carboxylic acids is 3. The van der Waals surface area contributed by atoms with Gasteiger partial charge in [0, 0.05) is 0 Å². The van der Waals surface area contributed by atoms with E-state index in [4.69, 9.17) is 0 Å². The first-order valence-corrected chi connectivity index (χ1v) is 8.88. The van der Waals surface area contributed by atoms with Gasteiger partial charge in [0.1, 0.15) is 12.2 Å². The van der Waals surface area contributed by atoms with E-state index in [2.05, 4.69) is 4.74 Å². The number of allylic oxidation sites excluding steroid dienone is 1. The number of benzene rings is 2. The number of hydrogen-bond donors (Lipinski definition) is 0. The first-order chi connectivity index (χ1) is 13.2. The summed E-state index contributed by atoms with van der Waals surface area (Å²) in [4.78, 5) is 34.9. The third-order valence-electron chi connectivity index (χ3n) is 4.38. The summed E-state index contributed by atoms with van der Waals surface area (Å²) in [5, 5.41) is 0. The van der Waals surface area contributed by atoms with E-state index < -0.39 is 24.0 Å². The number of ketones is 2. The van der Waals surface area contributed by atoms with Crippen LogP contribution in [-0.2, 0) is 19.1 Å². The number of methoxy groups -OCH3 is 1. The molecule has 0 saturated carbocycles. The molecule has 0 aliphatic rings. The zero-order chi connectivity index (χ0) is 20.8. The van der Waals surface area contributed by atoms with Gasteiger partial charge in [0.05, 0.1) is 13.5 Å². The van der Waals surface area contributed by atoms with Crippen LogP contribution in [0.15, 0.2) is 36.4 Å². The van der Waals surface area contributed by atoms with E-state index in [9.17, 15) is 18.8 Å². The lowest BCUT2D eigenvalue weighted by molar-refractivity contribution is -0.143. The molecule has 0 saturated heterocycles. The summed E-state index contributed by atoms with van der Waals surface area (Å²) in [5.74, 6) is -1.82. The molecule has 0 amide bonds. The predicted octanol–water partition coefficient (Wildman–Crippen LogP) is 4.52. The summed E-state index contributed by atoms with van der Waals surface area (Å²) in [6.45, 7) is 5.60. The topological polar surface area (TPSA) is 60.4 Å². The molecule has 28 heavy (non-hydrogen) atoms. The minimum absolute atomic E-state index is 0.274. The number of rotatable bonds is 7. The fraction of sp³-hybridized carbons (Fsp3) is 0.261. The molecule has 0 aromatic heterocycles. The molecule has 0 unspecified atom stereocenters. The smallest absolute Gasteiger partial charge is 0.313 e. The number of ether oxygens (including phenoxy) is 1. The maximum atomic E-state index is 13.6. The minimum Gasteiger partial charge on any atom is -0.469 e. The number of Topliss-reactive ketones (excluding diaryl/α,β-unsaturated/α-hetero) is 1. The van der Waals surface area contributed by atoms with Gasteiger partial charge in [0.2, 0.25) is 0 Å². The van der Waals surface area contributed by atoms with Gasteiger partial charge in [-0.3, -0.25) is 14.4 Å². The molecule has 0 N–H and O–H groups in total. The highest BCUT2D eigenvalue weighted by Crippen LogP contribution is 2.30. The van der Waals surface area contributed by atoms with E-state index in [-0.39, 0.29) is 12.2 Å². The van der Waals surface area contributed by atoms with Gasteiger partial charge in [-0.15, -0.1) is 0 Å². The Balaban J connectivity index is 2.31. The third-order valence-corrected chi connectivity index (χ3v) is 4.38. The van der Waals surface area contributed by atoms with E-state index in [0.717, 1.165) is 27.8 Å². The summed E-state index contributed by atoms with van der Waals surface area (Å²) in [7, 11) is 1.19. The van der Waals surface area contributed by atoms with E-state index in [1.165, 1.54) is 19.3 Å². The van der Waals surface area contributed by atoms with Gasteiger partial charge in [-0.2, -0.15) is 0 Å². The van der Waals surface area contributed by atoms with Crippen LogP contribution in [0.5, 0.6) is 0 Å². The molecular formula is C23H23FO4. The first kappa shape index (κ1) is 21.2. The Morgan fingerprint density at radius 1 is 1.00 bits per heavy atom. The fourth-order valence-electron chi connectivity index (χ4n) is 2.98. The Bertz CT molecular complexity index is 957. The molecule has 0 aliphatic heterocycles. The van der Waals surface area contributed by atoms with Crippen molar-refractivity contribution in [2.24, 2.45) is 0 Å². The summed E-state index contributed by atoms with van der Waals surface area (Å²) in [6.07, 6.45) is 2.23. The summed E-state index contributed by atoms with van der Waals surface area (Å²) in [5.41, 5.74) is 5.10. The Morgan fingerprint density at radius 3 is 2.36 bits per heavy atom. The lowest BCUT2D eigenvalue weighted by atomic mass is 9.92. The molecule has 2 rings (SSSR count). The van der Waals surface area contributed by atoms with Gasteiger partial charge >= 0.3 is 5.97 Å². The monoisotopic (exact) mass is 382 g/mol. The number of halogens is 1. The van der Waals surface area contributed by atoms with Crippen molar-refractivity contribution in [3.8, 4) is 11.1 Å². The van der Waals surface area contributed by atoms with Crippen LogP contribution >= 0.6 is 0 Å². The van der Waals surface area contributed by atoms with Gasteiger partial charge < -0.3 is 4.74 Å². The molecule has 0 fully saturated rings. The maximum Gasteiger partial charge on any atom is 0.313 e. The molecule has 4 nitrogen and oxygen atoms in total. The van der Waals surface area contributed by atoms with E-state index in [1.807, 2.05) is 26.0 Å². The van der Waals surface area contributed by atoms with E-state index in [1.54, 1.807) is 25.1 Å². The van der Waals surface area contributed by atoms with Crippen LogP contribution in [0, 0.1) is 26.6 Å². The van der Waals surface area contributed by atoms with Crippen molar-refractivity contribution in [2.45, 2.75) is 33.6 Å². The van der Waals surface area contributed by atoms with Crippen molar-refractivity contribution in [1.29, 1.82) is 0 Å². The molecular weight excluding hydrogens is 359 g/mol. The van der Waals surface area contributed by atoms with Crippen molar-refractivity contribution in [1.82, 2.24) is 0 Å². The standard InChI is InChI=1S/C23H23FO4/c1-14-9-15(2)20(7-6-18(25)12-19(26)13-23(27)28-4)21(10-14)17-5-8-22(24)16(3)11-17/h5-11H,12-13H2,1-4H3/b7-6+. The van der Waals surface area contributed by atoms with Gasteiger partial charge in [-0.25, -0.2) is 4.39 Å². The second-order valence-electron chi connectivity index (χ2n) is 6.78. The molecule has 0 heterocycles. The third kappa shape index (κ3) is 5.46. The average Bonchev–Trinajstić information content (AvgIpc) is 2.62. The predicted molar refractivity (Wildman–Crippen MR) is 106 cm³/mol. The molecule has 0 radical (unpaired) electrons. The number of esters is 1. The van der Waals surface area contributed by atoms with Crippen LogP contribution in [0.1, 0.15) is 35.1 Å². The largest absolute Gasteiger partial charge is 0.469 e. The van der Waals surface area contributed by atoms with Gasteiger partial charge in [-0.05, 0) is 66.8 Å². The number of aryl methyl sites for hydroxylation is 3. The molecule has 146 valence electrons. The lowest BCUT2D eigenvalue weighted by Crippen LogP contribution is -2.12. The lowest BCUT2D eigenvalue weighted by Gasteiger charge is -2.12. The molecule has 0 bridgehead atoms. The second kappa shape index (κ2) is 9.22. The molecule has 2 aromatic rings. The Labute approximate surface area is 164 Å². The number of carbonyl (C=O) groups is 3. The van der Waals surface area contributed by atoms with Crippen molar-refractivity contribution >= 4 is 23.6 Å². The highest BCUT2D eigenvalue weighted by molar-refractivity contribution is 6.10. The summed E-state index contributed by atoms with van der Waals surface area (Å²) < 4.78 is 18.1. The van der Waals surface area contributed by atoms with Crippen molar-refractivity contribution in [3.63, 3.8) is 0 Å². The summed E-state index contributed by atoms with van der Waals surface area (Å²) in [6, 6.07) is 8.86. The highest BCUT2D eigenvalue weighted by Gasteiger charge is 2.13. The molecule has 0 spiro atoms. The zero-order valence-electron chi connectivity index (χ0n) is 16.5. The van der Waals surface area contributed by atoms with Crippen LogP contribution in [0.4, 0.5) is 4.39 Å². The van der Waals surface area contributed by atoms with E-state index in [0.29, 0.717) is 5.56 Å². The molecule has 2 aromatic carbocycles. The SMILES string of the molecule is COC(=O)CC(=O)CC(=O)/C=C/c1c(C)cc(C)cc1-c1ccc(F)c(C)c1. The normalized spacial score (nSPS) is 10.9. The molecule has 5 heteroatoms. The van der Waals surface area contributed by atoms with E-state index >= 15 is 0 Å². The zero-order valence-corrected chi connectivity index (χ0v) is 16.5. The fourth-order valence-corrected chi connectivity index (χ4v) is 2.98. The van der Waals surface area contributed by atoms with Crippen molar-refractivity contribution < 1.29 is 23.5 Å². The number of hydrogen-bond acceptors (Lipinski definition) is 4. The molecule has 0 atom stereocenters. The van der Waals surface area contributed by atoms with Crippen LogP contribution in [0.3, 0.4) is 0 Å². The summed E-state index contributed by atoms with van der Waals surface area (Å²) >= 11 is 0. The molecule has 0 aliphatic carbocycles. The maximum absolute atomic E-state index is 13.6. The quantitative estimate of drug-likeness (QED) is 0.401. The van der Waals surface area contributed by atoms with Gasteiger partial charge in [-0.1, -0.05) is 29.8 Å². The van der Waals surface area contributed by atoms with Crippen molar-refractivity contribution in [2.75, 3.05) is 7.11 Å². The van der Waals surface area contributed by atoms with Crippen LogP contribution in [-0.4, -0.2) is 24.6 Å². The first-order valence-electron chi connectivity index (χ1n) is 8.88. The minimum atomic E-state index is -0.662. The van der Waals surface area contributed by atoms with Gasteiger partial charge in [0.25, 0.3) is 0 Å². The van der Waals surface area contributed by atoms with Crippen molar-refractivity contribution in [3.05, 3.63) is 64.5 Å². The Hall–Kier alpha value is -3.08. The second-order valence-corrected chi connectivity index (χ2v) is 6.78. The Kier molecular flexibility index (Phi) is 6.99.